The molecule has 2 unspecified atom stereocenters. The van der Waals surface area contributed by atoms with Crippen molar-refractivity contribution >= 4 is 18.3 Å². The molecule has 0 saturated heterocycles. The predicted octanol–water partition coefficient (Wildman–Crippen LogP) is 3.15. The molecular weight excluding hydrogens is 328 g/mol. The highest BCUT2D eigenvalue weighted by atomic mass is 35.5. The fraction of sp³-hybridized carbons (Fsp3) is 0.611. The third kappa shape index (κ3) is 5.87. The summed E-state index contributed by atoms with van der Waals surface area (Å²) in [5.74, 6) is 1.69. The second-order valence-electron chi connectivity index (χ2n) is 6.03. The van der Waals surface area contributed by atoms with Crippen molar-refractivity contribution in [3.8, 4) is 11.5 Å². The van der Waals surface area contributed by atoms with Gasteiger partial charge in [0.25, 0.3) is 5.91 Å². The average molecular weight is 357 g/mol. The Balaban J connectivity index is 0.00000288. The van der Waals surface area contributed by atoms with E-state index in [1.54, 1.807) is 18.2 Å². The van der Waals surface area contributed by atoms with Gasteiger partial charge in [-0.1, -0.05) is 6.42 Å². The summed E-state index contributed by atoms with van der Waals surface area (Å²) in [7, 11) is 0. The third-order valence-corrected chi connectivity index (χ3v) is 4.18. The molecule has 1 aromatic carbocycles. The lowest BCUT2D eigenvalue weighted by atomic mass is 9.86. The topological polar surface area (TPSA) is 73.6 Å². The number of hydrogen-bond donors (Lipinski definition) is 2. The zero-order chi connectivity index (χ0) is 16.7. The minimum absolute atomic E-state index is 0. The number of carbonyl (C=O) groups is 1. The van der Waals surface area contributed by atoms with E-state index in [2.05, 4.69) is 5.32 Å². The van der Waals surface area contributed by atoms with E-state index < -0.39 is 0 Å². The summed E-state index contributed by atoms with van der Waals surface area (Å²) >= 11 is 0. The first-order valence-corrected chi connectivity index (χ1v) is 8.57. The van der Waals surface area contributed by atoms with Crippen LogP contribution in [-0.2, 0) is 0 Å². The molecule has 24 heavy (non-hydrogen) atoms. The summed E-state index contributed by atoms with van der Waals surface area (Å²) in [6.45, 7) is 5.61. The van der Waals surface area contributed by atoms with Gasteiger partial charge in [0.15, 0.2) is 11.5 Å². The summed E-state index contributed by atoms with van der Waals surface area (Å²) in [5.41, 5.74) is 6.59. The van der Waals surface area contributed by atoms with Gasteiger partial charge in [-0.3, -0.25) is 4.79 Å². The lowest BCUT2D eigenvalue weighted by Gasteiger charge is -2.26. The maximum Gasteiger partial charge on any atom is 0.251 e. The van der Waals surface area contributed by atoms with Gasteiger partial charge in [-0.2, -0.15) is 0 Å². The van der Waals surface area contributed by atoms with Crippen LogP contribution in [0.5, 0.6) is 11.5 Å². The molecule has 136 valence electrons. The SMILES string of the molecule is CCOc1ccc(C(=O)NCC2CCCC(N)C2)cc1OCC.Cl. The Labute approximate surface area is 150 Å². The molecule has 1 amide bonds. The van der Waals surface area contributed by atoms with Crippen molar-refractivity contribution in [3.05, 3.63) is 23.8 Å². The molecule has 0 radical (unpaired) electrons. The lowest BCUT2D eigenvalue weighted by Crippen LogP contribution is -2.35. The van der Waals surface area contributed by atoms with E-state index >= 15 is 0 Å². The summed E-state index contributed by atoms with van der Waals surface area (Å²) in [5, 5.41) is 3.02. The van der Waals surface area contributed by atoms with Crippen molar-refractivity contribution in [2.24, 2.45) is 11.7 Å². The lowest BCUT2D eigenvalue weighted by molar-refractivity contribution is 0.0942. The summed E-state index contributed by atoms with van der Waals surface area (Å²) in [4.78, 5) is 12.4. The molecule has 1 aromatic rings. The minimum Gasteiger partial charge on any atom is -0.490 e. The van der Waals surface area contributed by atoms with E-state index in [9.17, 15) is 4.79 Å². The number of ether oxygens (including phenoxy) is 2. The zero-order valence-corrected chi connectivity index (χ0v) is 15.4. The molecule has 2 rings (SSSR count). The Morgan fingerprint density at radius 3 is 2.58 bits per heavy atom. The van der Waals surface area contributed by atoms with Gasteiger partial charge < -0.3 is 20.5 Å². The molecule has 0 aliphatic heterocycles. The fourth-order valence-electron chi connectivity index (χ4n) is 3.05. The van der Waals surface area contributed by atoms with Crippen LogP contribution in [0, 0.1) is 5.92 Å². The molecular formula is C18H29ClN2O3. The number of amides is 1. The molecule has 6 heteroatoms. The van der Waals surface area contributed by atoms with Crippen LogP contribution in [-0.4, -0.2) is 31.7 Å². The molecule has 0 bridgehead atoms. The maximum absolute atomic E-state index is 12.4. The molecule has 0 spiro atoms. The Morgan fingerprint density at radius 1 is 1.21 bits per heavy atom. The molecule has 3 N–H and O–H groups in total. The first kappa shape index (κ1) is 20.6. The maximum atomic E-state index is 12.4. The van der Waals surface area contributed by atoms with Crippen molar-refractivity contribution in [1.29, 1.82) is 0 Å². The van der Waals surface area contributed by atoms with Gasteiger partial charge in [-0.15, -0.1) is 12.4 Å². The fourth-order valence-corrected chi connectivity index (χ4v) is 3.05. The Kier molecular flexibility index (Phi) is 8.93. The van der Waals surface area contributed by atoms with Crippen LogP contribution in [0.25, 0.3) is 0 Å². The smallest absolute Gasteiger partial charge is 0.251 e. The quantitative estimate of drug-likeness (QED) is 0.787. The highest BCUT2D eigenvalue weighted by Gasteiger charge is 2.20. The van der Waals surface area contributed by atoms with Crippen LogP contribution in [0.2, 0.25) is 0 Å². The van der Waals surface area contributed by atoms with Crippen LogP contribution in [0.1, 0.15) is 49.9 Å². The first-order chi connectivity index (χ1) is 11.1. The van der Waals surface area contributed by atoms with Crippen LogP contribution >= 0.6 is 12.4 Å². The third-order valence-electron chi connectivity index (χ3n) is 4.18. The van der Waals surface area contributed by atoms with Crippen LogP contribution in [0.15, 0.2) is 18.2 Å². The van der Waals surface area contributed by atoms with E-state index in [0.29, 0.717) is 42.7 Å². The minimum atomic E-state index is -0.0758. The number of benzene rings is 1. The van der Waals surface area contributed by atoms with Gasteiger partial charge in [0.05, 0.1) is 13.2 Å². The van der Waals surface area contributed by atoms with E-state index in [-0.39, 0.29) is 24.4 Å². The second-order valence-corrected chi connectivity index (χ2v) is 6.03. The first-order valence-electron chi connectivity index (χ1n) is 8.57. The molecule has 1 fully saturated rings. The van der Waals surface area contributed by atoms with E-state index in [1.807, 2.05) is 13.8 Å². The molecule has 0 aromatic heterocycles. The van der Waals surface area contributed by atoms with Crippen molar-refractivity contribution in [1.82, 2.24) is 5.32 Å². The highest BCUT2D eigenvalue weighted by molar-refractivity contribution is 5.94. The van der Waals surface area contributed by atoms with Crippen LogP contribution < -0.4 is 20.5 Å². The Bertz CT molecular complexity index is 525. The molecule has 2 atom stereocenters. The van der Waals surface area contributed by atoms with E-state index in [1.165, 1.54) is 0 Å². The average Bonchev–Trinajstić information content (AvgIpc) is 2.55. The molecule has 1 aliphatic carbocycles. The van der Waals surface area contributed by atoms with Gasteiger partial charge in [-0.25, -0.2) is 0 Å². The Hall–Kier alpha value is -1.46. The van der Waals surface area contributed by atoms with Gasteiger partial charge in [0.2, 0.25) is 0 Å². The van der Waals surface area contributed by atoms with Crippen molar-refractivity contribution in [3.63, 3.8) is 0 Å². The predicted molar refractivity (Wildman–Crippen MR) is 98.3 cm³/mol. The molecule has 1 saturated carbocycles. The number of rotatable bonds is 7. The number of carbonyl (C=O) groups excluding carboxylic acids is 1. The largest absolute Gasteiger partial charge is 0.490 e. The summed E-state index contributed by atoms with van der Waals surface area (Å²) < 4.78 is 11.1. The van der Waals surface area contributed by atoms with Gasteiger partial charge in [0, 0.05) is 18.2 Å². The Morgan fingerprint density at radius 2 is 1.92 bits per heavy atom. The van der Waals surface area contributed by atoms with Crippen molar-refractivity contribution in [2.45, 2.75) is 45.6 Å². The van der Waals surface area contributed by atoms with E-state index in [4.69, 9.17) is 15.2 Å². The molecule has 0 heterocycles. The number of hydrogen-bond acceptors (Lipinski definition) is 4. The zero-order valence-electron chi connectivity index (χ0n) is 14.5. The number of halogens is 1. The van der Waals surface area contributed by atoms with Crippen molar-refractivity contribution < 1.29 is 14.3 Å². The molecule has 1 aliphatic rings. The van der Waals surface area contributed by atoms with Crippen molar-refractivity contribution in [2.75, 3.05) is 19.8 Å². The monoisotopic (exact) mass is 356 g/mol. The standard InChI is InChI=1S/C18H28N2O3.ClH/c1-3-22-16-9-8-14(11-17(16)23-4-2)18(21)20-12-13-6-5-7-15(19)10-13;/h8-9,11,13,15H,3-7,10,12,19H2,1-2H3,(H,20,21);1H. The summed E-state index contributed by atoms with van der Waals surface area (Å²) in [6.07, 6.45) is 4.38. The second kappa shape index (κ2) is 10.4. The van der Waals surface area contributed by atoms with Crippen LogP contribution in [0.4, 0.5) is 0 Å². The van der Waals surface area contributed by atoms with Gasteiger partial charge in [0.1, 0.15) is 0 Å². The normalized spacial score (nSPS) is 20.0. The summed E-state index contributed by atoms with van der Waals surface area (Å²) in [6, 6.07) is 5.59. The van der Waals surface area contributed by atoms with Crippen LogP contribution in [0.3, 0.4) is 0 Å². The van der Waals surface area contributed by atoms with E-state index in [0.717, 1.165) is 25.7 Å². The van der Waals surface area contributed by atoms with Gasteiger partial charge >= 0.3 is 0 Å². The highest BCUT2D eigenvalue weighted by Crippen LogP contribution is 2.28. The van der Waals surface area contributed by atoms with Gasteiger partial charge in [-0.05, 0) is 57.2 Å². The number of nitrogens with one attached hydrogen (secondary N) is 1. The molecule has 5 nitrogen and oxygen atoms in total. The number of nitrogens with two attached hydrogens (primary N) is 1.